The molecule has 2 N–H and O–H groups in total. The van der Waals surface area contributed by atoms with E-state index < -0.39 is 20.2 Å². The van der Waals surface area contributed by atoms with E-state index in [1.54, 1.807) is 0 Å². The minimum absolute atomic E-state index is 0.470. The van der Waals surface area contributed by atoms with Gasteiger partial charge in [-0.1, -0.05) is 0 Å². The van der Waals surface area contributed by atoms with Crippen LogP contribution in [-0.2, 0) is 7.86 Å². The summed E-state index contributed by atoms with van der Waals surface area (Å²) in [6.07, 6.45) is 0. The van der Waals surface area contributed by atoms with Crippen molar-refractivity contribution in [2.24, 2.45) is 5.73 Å². The van der Waals surface area contributed by atoms with Crippen LogP contribution in [0.3, 0.4) is 0 Å². The summed E-state index contributed by atoms with van der Waals surface area (Å²) in [5, 5.41) is 0. The van der Waals surface area contributed by atoms with Crippen LogP contribution < -0.4 is 5.73 Å². The van der Waals surface area contributed by atoms with E-state index in [1.807, 2.05) is 4.93 Å². The zero-order valence-corrected chi connectivity index (χ0v) is 6.21. The Bertz CT molecular complexity index is 58.9. The molecule has 0 aromatic carbocycles. The molecule has 0 bridgehead atoms. The minimum atomic E-state index is -1.42. The maximum atomic E-state index is 9.54. The Labute approximate surface area is 50.1 Å². The van der Waals surface area contributed by atoms with Crippen LogP contribution in [0.1, 0.15) is 0 Å². The molecule has 7 heavy (non-hydrogen) atoms. The second-order valence-electron chi connectivity index (χ2n) is 0.870. The van der Waals surface area contributed by atoms with Crippen LogP contribution in [0.4, 0.5) is 0 Å². The molecule has 3 nitrogen and oxygen atoms in total. The van der Waals surface area contributed by atoms with E-state index in [0.29, 0.717) is 11.0 Å². The molecule has 0 rings (SSSR count). The number of carbonyl (C=O) groups excluding carboxylic acids is 1. The summed E-state index contributed by atoms with van der Waals surface area (Å²) in [5.41, 5.74) is 5.14. The molecule has 0 radical (unpaired) electrons. The summed E-state index contributed by atoms with van der Waals surface area (Å²) in [7, 11) is 0. The van der Waals surface area contributed by atoms with Gasteiger partial charge in [-0.2, -0.15) is 0 Å². The standard InChI is InChI=1S/C3H8INO2/c1-4(2-5)7-3-6/h3H,2,5H2,1H3. The van der Waals surface area contributed by atoms with Crippen LogP contribution >= 0.6 is 20.2 Å². The first kappa shape index (κ1) is 7.16. The van der Waals surface area contributed by atoms with Crippen molar-refractivity contribution in [3.63, 3.8) is 0 Å². The Hall–Kier alpha value is 0.160. The number of carbonyl (C=O) groups is 1. The van der Waals surface area contributed by atoms with Crippen LogP contribution in [0.25, 0.3) is 0 Å². The molecule has 0 amide bonds. The summed E-state index contributed by atoms with van der Waals surface area (Å²) in [4.78, 5) is 11.4. The number of hydrogen-bond acceptors (Lipinski definition) is 3. The van der Waals surface area contributed by atoms with Gasteiger partial charge in [0.1, 0.15) is 0 Å². The Morgan fingerprint density at radius 3 is 2.71 bits per heavy atom. The number of hydrogen-bond donors (Lipinski definition) is 1. The first-order chi connectivity index (χ1) is 3.31. The monoisotopic (exact) mass is 217 g/mol. The van der Waals surface area contributed by atoms with Crippen molar-refractivity contribution in [1.82, 2.24) is 0 Å². The van der Waals surface area contributed by atoms with Crippen molar-refractivity contribution in [3.8, 4) is 0 Å². The first-order valence-electron chi connectivity index (χ1n) is 1.68. The van der Waals surface area contributed by atoms with E-state index in [-0.39, 0.29) is 0 Å². The summed E-state index contributed by atoms with van der Waals surface area (Å²) >= 11 is -1.42. The molecule has 0 spiro atoms. The van der Waals surface area contributed by atoms with Crippen molar-refractivity contribution in [1.29, 1.82) is 0 Å². The second-order valence-corrected chi connectivity index (χ2v) is 5.29. The van der Waals surface area contributed by atoms with Crippen molar-refractivity contribution in [2.45, 2.75) is 0 Å². The molecule has 0 aromatic heterocycles. The molecule has 0 unspecified atom stereocenters. The average Bonchev–Trinajstić information content (AvgIpc) is 1.68. The average molecular weight is 217 g/mol. The van der Waals surface area contributed by atoms with Crippen LogP contribution in [0.2, 0.25) is 0 Å². The molecular weight excluding hydrogens is 209 g/mol. The first-order valence-corrected chi connectivity index (χ1v) is 6.24. The van der Waals surface area contributed by atoms with Crippen LogP contribution in [0, 0.1) is 0 Å². The number of nitrogens with two attached hydrogens (primary N) is 1. The molecule has 44 valence electrons. The summed E-state index contributed by atoms with van der Waals surface area (Å²) < 4.78 is 5.09. The van der Waals surface area contributed by atoms with E-state index in [0.717, 1.165) is 0 Å². The Balaban J connectivity index is 2.98. The number of halogens is 1. The molecule has 0 heterocycles. The molecule has 0 saturated heterocycles. The van der Waals surface area contributed by atoms with Gasteiger partial charge in [0.05, 0.1) is 0 Å². The fraction of sp³-hybridized carbons (Fsp3) is 0.667. The summed E-state index contributed by atoms with van der Waals surface area (Å²) in [6, 6.07) is 0. The van der Waals surface area contributed by atoms with E-state index in [1.165, 1.54) is 0 Å². The van der Waals surface area contributed by atoms with Gasteiger partial charge in [0.2, 0.25) is 0 Å². The van der Waals surface area contributed by atoms with Crippen molar-refractivity contribution in [2.75, 3.05) is 9.48 Å². The normalized spacial score (nSPS) is 10.3. The third-order valence-corrected chi connectivity index (χ3v) is 2.72. The Kier molecular flexibility index (Phi) is 4.42. The number of alkyl halides is 2. The molecule has 0 fully saturated rings. The molecular formula is C3H8INO2. The molecule has 0 saturated carbocycles. The Morgan fingerprint density at radius 2 is 2.57 bits per heavy atom. The second kappa shape index (κ2) is 4.32. The van der Waals surface area contributed by atoms with Gasteiger partial charge in [-0.05, 0) is 0 Å². The van der Waals surface area contributed by atoms with Gasteiger partial charge in [0, 0.05) is 0 Å². The van der Waals surface area contributed by atoms with Gasteiger partial charge >= 0.3 is 49.8 Å². The van der Waals surface area contributed by atoms with Gasteiger partial charge in [0.15, 0.2) is 0 Å². The topological polar surface area (TPSA) is 52.3 Å². The molecule has 0 aliphatic rings. The van der Waals surface area contributed by atoms with Gasteiger partial charge in [-0.25, -0.2) is 0 Å². The van der Waals surface area contributed by atoms with Crippen LogP contribution in [-0.4, -0.2) is 16.0 Å². The third kappa shape index (κ3) is 4.00. The fourth-order valence-electron chi connectivity index (χ4n) is 0.0985. The zero-order chi connectivity index (χ0) is 5.70. The van der Waals surface area contributed by atoms with Gasteiger partial charge in [0.25, 0.3) is 0 Å². The van der Waals surface area contributed by atoms with Crippen LogP contribution in [0.15, 0.2) is 0 Å². The van der Waals surface area contributed by atoms with E-state index in [9.17, 15) is 4.79 Å². The quantitative estimate of drug-likeness (QED) is 0.316. The molecule has 0 aliphatic heterocycles. The molecule has 0 atom stereocenters. The Morgan fingerprint density at radius 1 is 2.00 bits per heavy atom. The summed E-state index contributed by atoms with van der Waals surface area (Å²) in [5.74, 6) is 0. The predicted octanol–water partition coefficient (Wildman–Crippen LogP) is 0.127. The molecule has 0 aromatic rings. The third-order valence-electron chi connectivity index (χ3n) is 0.406. The predicted molar refractivity (Wildman–Crippen MR) is 36.1 cm³/mol. The van der Waals surface area contributed by atoms with E-state index >= 15 is 0 Å². The van der Waals surface area contributed by atoms with Crippen LogP contribution in [0.5, 0.6) is 0 Å². The van der Waals surface area contributed by atoms with E-state index in [2.05, 4.69) is 3.07 Å². The SMILES string of the molecule is CI(CN)OC=O. The van der Waals surface area contributed by atoms with E-state index in [4.69, 9.17) is 5.73 Å². The zero-order valence-electron chi connectivity index (χ0n) is 4.06. The van der Waals surface area contributed by atoms with Crippen molar-refractivity contribution < 1.29 is 7.86 Å². The fourth-order valence-corrected chi connectivity index (χ4v) is 0.660. The van der Waals surface area contributed by atoms with Crippen molar-refractivity contribution >= 4 is 26.7 Å². The van der Waals surface area contributed by atoms with Crippen molar-refractivity contribution in [3.05, 3.63) is 0 Å². The molecule has 0 aliphatic carbocycles. The molecule has 4 heteroatoms. The maximum absolute atomic E-state index is 9.54. The number of rotatable bonds is 3. The summed E-state index contributed by atoms with van der Waals surface area (Å²) in [6.45, 7) is 0.470. The van der Waals surface area contributed by atoms with Gasteiger partial charge in [-0.3, -0.25) is 0 Å². The van der Waals surface area contributed by atoms with Gasteiger partial charge in [-0.15, -0.1) is 0 Å². The van der Waals surface area contributed by atoms with Gasteiger partial charge < -0.3 is 0 Å².